The molecular formula is C13H14N4O. The zero-order chi connectivity index (χ0) is 13.1. The first-order valence-electron chi connectivity index (χ1n) is 5.53. The average Bonchev–Trinajstić information content (AvgIpc) is 2.34. The van der Waals surface area contributed by atoms with Crippen LogP contribution < -0.4 is 11.1 Å². The molecule has 0 saturated heterocycles. The monoisotopic (exact) mass is 242 g/mol. The molecule has 0 spiro atoms. The molecule has 1 aromatic carbocycles. The minimum absolute atomic E-state index is 0.242. The van der Waals surface area contributed by atoms with Crippen molar-refractivity contribution in [3.63, 3.8) is 0 Å². The van der Waals surface area contributed by atoms with Gasteiger partial charge in [0, 0.05) is 5.69 Å². The standard InChI is InChI=1S/C13H14N4O/c1-8-4-3-5-9(2)12(8)17-13(18)10-6-16-11(14)7-15-10/h3-7H,1-2H3,(H2,14,16)(H,17,18). The van der Waals surface area contributed by atoms with Gasteiger partial charge < -0.3 is 11.1 Å². The summed E-state index contributed by atoms with van der Waals surface area (Å²) in [6, 6.07) is 5.83. The Balaban J connectivity index is 2.24. The maximum absolute atomic E-state index is 12.0. The number of carbonyl (C=O) groups excluding carboxylic acids is 1. The van der Waals surface area contributed by atoms with E-state index in [1.807, 2.05) is 32.0 Å². The third kappa shape index (κ3) is 2.45. The van der Waals surface area contributed by atoms with Gasteiger partial charge in [0.2, 0.25) is 0 Å². The Labute approximate surface area is 105 Å². The molecule has 0 saturated carbocycles. The molecule has 0 unspecified atom stereocenters. The van der Waals surface area contributed by atoms with Crippen LogP contribution in [0.4, 0.5) is 11.5 Å². The molecule has 18 heavy (non-hydrogen) atoms. The van der Waals surface area contributed by atoms with Crippen LogP contribution >= 0.6 is 0 Å². The lowest BCUT2D eigenvalue weighted by Gasteiger charge is -2.10. The predicted molar refractivity (Wildman–Crippen MR) is 70.3 cm³/mol. The molecule has 1 aromatic heterocycles. The van der Waals surface area contributed by atoms with Crippen molar-refractivity contribution in [2.24, 2.45) is 0 Å². The maximum Gasteiger partial charge on any atom is 0.275 e. The van der Waals surface area contributed by atoms with Gasteiger partial charge in [-0.2, -0.15) is 0 Å². The molecule has 2 rings (SSSR count). The summed E-state index contributed by atoms with van der Waals surface area (Å²) in [6.07, 6.45) is 2.72. The van der Waals surface area contributed by atoms with Crippen LogP contribution in [0.1, 0.15) is 21.6 Å². The normalized spacial score (nSPS) is 10.1. The van der Waals surface area contributed by atoms with Gasteiger partial charge >= 0.3 is 0 Å². The van der Waals surface area contributed by atoms with E-state index in [0.29, 0.717) is 5.82 Å². The summed E-state index contributed by atoms with van der Waals surface area (Å²) in [6.45, 7) is 3.88. The van der Waals surface area contributed by atoms with Crippen LogP contribution in [-0.2, 0) is 0 Å². The number of rotatable bonds is 2. The van der Waals surface area contributed by atoms with Gasteiger partial charge in [0.1, 0.15) is 11.5 Å². The fourth-order valence-electron chi connectivity index (χ4n) is 1.64. The molecule has 1 heterocycles. The predicted octanol–water partition coefficient (Wildman–Crippen LogP) is 1.93. The number of aryl methyl sites for hydroxylation is 2. The van der Waals surface area contributed by atoms with Gasteiger partial charge in [-0.3, -0.25) is 4.79 Å². The zero-order valence-electron chi connectivity index (χ0n) is 10.3. The van der Waals surface area contributed by atoms with Crippen LogP contribution in [0.25, 0.3) is 0 Å². The van der Waals surface area contributed by atoms with E-state index in [9.17, 15) is 4.79 Å². The highest BCUT2D eigenvalue weighted by Gasteiger charge is 2.10. The van der Waals surface area contributed by atoms with Crippen LogP contribution in [-0.4, -0.2) is 15.9 Å². The second kappa shape index (κ2) is 4.83. The number of hydrogen-bond donors (Lipinski definition) is 2. The fourth-order valence-corrected chi connectivity index (χ4v) is 1.64. The van der Waals surface area contributed by atoms with Crippen LogP contribution in [0.2, 0.25) is 0 Å². The van der Waals surface area contributed by atoms with Crippen LogP contribution in [0.3, 0.4) is 0 Å². The number of nitrogen functional groups attached to an aromatic ring is 1. The Hall–Kier alpha value is -2.43. The van der Waals surface area contributed by atoms with E-state index in [1.165, 1.54) is 12.4 Å². The van der Waals surface area contributed by atoms with Gasteiger partial charge in [-0.05, 0) is 25.0 Å². The van der Waals surface area contributed by atoms with Crippen molar-refractivity contribution in [2.75, 3.05) is 11.1 Å². The Morgan fingerprint density at radius 2 is 1.83 bits per heavy atom. The fraction of sp³-hybridized carbons (Fsp3) is 0.154. The summed E-state index contributed by atoms with van der Waals surface area (Å²) >= 11 is 0. The first-order valence-corrected chi connectivity index (χ1v) is 5.53. The Morgan fingerprint density at radius 1 is 1.17 bits per heavy atom. The molecule has 5 heteroatoms. The average molecular weight is 242 g/mol. The lowest BCUT2D eigenvalue weighted by Crippen LogP contribution is -2.15. The van der Waals surface area contributed by atoms with Crippen molar-refractivity contribution in [1.82, 2.24) is 9.97 Å². The topological polar surface area (TPSA) is 80.9 Å². The van der Waals surface area contributed by atoms with Crippen LogP contribution in [0.5, 0.6) is 0 Å². The molecule has 2 aromatic rings. The zero-order valence-corrected chi connectivity index (χ0v) is 10.3. The molecule has 1 amide bonds. The highest BCUT2D eigenvalue weighted by atomic mass is 16.1. The van der Waals surface area contributed by atoms with Gasteiger partial charge in [0.25, 0.3) is 5.91 Å². The number of amides is 1. The smallest absolute Gasteiger partial charge is 0.275 e. The Morgan fingerprint density at radius 3 is 2.39 bits per heavy atom. The molecule has 5 nitrogen and oxygen atoms in total. The number of nitrogens with zero attached hydrogens (tertiary/aromatic N) is 2. The molecule has 92 valence electrons. The lowest BCUT2D eigenvalue weighted by molar-refractivity contribution is 0.102. The van der Waals surface area contributed by atoms with E-state index in [1.54, 1.807) is 0 Å². The number of benzene rings is 1. The Kier molecular flexibility index (Phi) is 3.23. The molecule has 0 bridgehead atoms. The highest BCUT2D eigenvalue weighted by molar-refractivity contribution is 6.03. The van der Waals surface area contributed by atoms with Gasteiger partial charge in [0.05, 0.1) is 12.4 Å². The third-order valence-corrected chi connectivity index (χ3v) is 2.62. The van der Waals surface area contributed by atoms with Crippen molar-refractivity contribution in [3.8, 4) is 0 Å². The second-order valence-electron chi connectivity index (χ2n) is 4.05. The number of carbonyl (C=O) groups is 1. The largest absolute Gasteiger partial charge is 0.382 e. The van der Waals surface area contributed by atoms with Gasteiger partial charge in [-0.15, -0.1) is 0 Å². The third-order valence-electron chi connectivity index (χ3n) is 2.62. The number of anilines is 2. The first-order chi connectivity index (χ1) is 8.58. The van der Waals surface area contributed by atoms with Crippen LogP contribution in [0, 0.1) is 13.8 Å². The van der Waals surface area contributed by atoms with Crippen molar-refractivity contribution >= 4 is 17.4 Å². The summed E-state index contributed by atoms with van der Waals surface area (Å²) in [7, 11) is 0. The molecule has 0 atom stereocenters. The van der Waals surface area contributed by atoms with Crippen molar-refractivity contribution < 1.29 is 4.79 Å². The number of aromatic nitrogens is 2. The summed E-state index contributed by atoms with van der Waals surface area (Å²) < 4.78 is 0. The van der Waals surface area contributed by atoms with Crippen molar-refractivity contribution in [2.45, 2.75) is 13.8 Å². The van der Waals surface area contributed by atoms with Gasteiger partial charge in [-0.25, -0.2) is 9.97 Å². The highest BCUT2D eigenvalue weighted by Crippen LogP contribution is 2.19. The van der Waals surface area contributed by atoms with Gasteiger partial charge in [-0.1, -0.05) is 18.2 Å². The van der Waals surface area contributed by atoms with E-state index in [2.05, 4.69) is 15.3 Å². The van der Waals surface area contributed by atoms with Gasteiger partial charge in [0.15, 0.2) is 0 Å². The lowest BCUT2D eigenvalue weighted by atomic mass is 10.1. The second-order valence-corrected chi connectivity index (χ2v) is 4.05. The summed E-state index contributed by atoms with van der Waals surface area (Å²) in [4.78, 5) is 19.8. The molecule has 0 aliphatic heterocycles. The van der Waals surface area contributed by atoms with Crippen molar-refractivity contribution in [1.29, 1.82) is 0 Å². The minimum Gasteiger partial charge on any atom is -0.382 e. The number of hydrogen-bond acceptors (Lipinski definition) is 4. The number of para-hydroxylation sites is 1. The molecule has 0 aliphatic carbocycles. The van der Waals surface area contributed by atoms with Crippen LogP contribution in [0.15, 0.2) is 30.6 Å². The van der Waals surface area contributed by atoms with E-state index in [0.717, 1.165) is 16.8 Å². The molecule has 3 N–H and O–H groups in total. The molecule has 0 fully saturated rings. The molecule has 0 radical (unpaired) electrons. The van der Waals surface area contributed by atoms with Crippen molar-refractivity contribution in [3.05, 3.63) is 47.4 Å². The maximum atomic E-state index is 12.0. The molecule has 0 aliphatic rings. The van der Waals surface area contributed by atoms with E-state index in [4.69, 9.17) is 5.73 Å². The number of nitrogens with two attached hydrogens (primary N) is 1. The summed E-state index contributed by atoms with van der Waals surface area (Å²) in [5, 5.41) is 2.83. The summed E-state index contributed by atoms with van der Waals surface area (Å²) in [5.41, 5.74) is 8.48. The van der Waals surface area contributed by atoms with E-state index >= 15 is 0 Å². The molecular weight excluding hydrogens is 228 g/mol. The quantitative estimate of drug-likeness (QED) is 0.843. The number of nitrogens with one attached hydrogen (secondary N) is 1. The summed E-state index contributed by atoms with van der Waals surface area (Å²) in [5.74, 6) is -0.00137. The van der Waals surface area contributed by atoms with E-state index < -0.39 is 0 Å². The first kappa shape index (κ1) is 12.0. The minimum atomic E-state index is -0.292. The SMILES string of the molecule is Cc1cccc(C)c1NC(=O)c1cnc(N)cn1. The van der Waals surface area contributed by atoms with E-state index in [-0.39, 0.29) is 11.6 Å². The Bertz CT molecular complexity index is 558.